The lowest BCUT2D eigenvalue weighted by atomic mass is 9.98. The van der Waals surface area contributed by atoms with Crippen molar-refractivity contribution >= 4 is 28.8 Å². The molecule has 0 aliphatic carbocycles. The maximum absolute atomic E-state index is 12.9. The second-order valence-electron chi connectivity index (χ2n) is 6.49. The molecule has 0 saturated carbocycles. The zero-order chi connectivity index (χ0) is 19.7. The van der Waals surface area contributed by atoms with Gasteiger partial charge < -0.3 is 10.0 Å². The Balaban J connectivity index is 1.87. The van der Waals surface area contributed by atoms with Gasteiger partial charge in [0.05, 0.1) is 5.57 Å². The quantitative estimate of drug-likeness (QED) is 0.418. The number of thiophene rings is 1. The number of likely N-dealkylation sites (tertiary alicyclic amines) is 1. The Hall–Kier alpha value is -3.32. The highest BCUT2D eigenvalue weighted by molar-refractivity contribution is 7.10. The number of aliphatic hydroxyl groups is 1. The van der Waals surface area contributed by atoms with E-state index in [1.807, 2.05) is 18.4 Å². The monoisotopic (exact) mass is 391 g/mol. The van der Waals surface area contributed by atoms with Gasteiger partial charge in [-0.1, -0.05) is 0 Å². The number of carbonyl (C=O) groups is 2. The number of carbonyl (C=O) groups excluding carboxylic acids is 2. The first-order valence-electron chi connectivity index (χ1n) is 8.69. The second kappa shape index (κ2) is 7.36. The summed E-state index contributed by atoms with van der Waals surface area (Å²) in [5.41, 5.74) is 2.39. The van der Waals surface area contributed by atoms with E-state index in [1.165, 1.54) is 28.6 Å². The average molecular weight is 391 g/mol. The number of aromatic nitrogens is 2. The van der Waals surface area contributed by atoms with Gasteiger partial charge in [-0.3, -0.25) is 19.6 Å². The topological polar surface area (TPSA) is 83.4 Å². The minimum atomic E-state index is -0.679. The van der Waals surface area contributed by atoms with Crippen molar-refractivity contribution in [1.82, 2.24) is 14.9 Å². The van der Waals surface area contributed by atoms with Crippen molar-refractivity contribution in [1.29, 1.82) is 0 Å². The van der Waals surface area contributed by atoms with E-state index in [9.17, 15) is 14.7 Å². The number of pyridine rings is 2. The molecule has 3 aromatic rings. The molecule has 6 nitrogen and oxygen atoms in total. The zero-order valence-electron chi connectivity index (χ0n) is 15.1. The molecule has 0 spiro atoms. The fourth-order valence-corrected chi connectivity index (χ4v) is 4.38. The first-order valence-corrected chi connectivity index (χ1v) is 9.57. The van der Waals surface area contributed by atoms with E-state index in [0.29, 0.717) is 5.56 Å². The SMILES string of the molecule is Cc1ccsc1C1/C(=C(/O)c2ccncc2)C(=O)C(=O)N1Cc1ccncc1. The Morgan fingerprint density at radius 1 is 1.07 bits per heavy atom. The minimum Gasteiger partial charge on any atom is -0.507 e. The Labute approximate surface area is 165 Å². The van der Waals surface area contributed by atoms with Gasteiger partial charge in [0.15, 0.2) is 0 Å². The predicted octanol–water partition coefficient (Wildman–Crippen LogP) is 3.47. The largest absolute Gasteiger partial charge is 0.507 e. The molecule has 1 aliphatic rings. The molecule has 1 N–H and O–H groups in total. The summed E-state index contributed by atoms with van der Waals surface area (Å²) in [4.78, 5) is 36.1. The number of nitrogens with zero attached hydrogens (tertiary/aromatic N) is 3. The third kappa shape index (κ3) is 3.10. The van der Waals surface area contributed by atoms with Gasteiger partial charge in [-0.05, 0) is 53.8 Å². The normalized spacial score (nSPS) is 18.6. The van der Waals surface area contributed by atoms with E-state index in [4.69, 9.17) is 0 Å². The lowest BCUT2D eigenvalue weighted by molar-refractivity contribution is -0.140. The highest BCUT2D eigenvalue weighted by Crippen LogP contribution is 2.43. The highest BCUT2D eigenvalue weighted by atomic mass is 32.1. The Morgan fingerprint density at radius 3 is 2.32 bits per heavy atom. The summed E-state index contributed by atoms with van der Waals surface area (Å²) >= 11 is 1.47. The van der Waals surface area contributed by atoms with Gasteiger partial charge in [0, 0.05) is 41.8 Å². The van der Waals surface area contributed by atoms with Gasteiger partial charge in [-0.15, -0.1) is 11.3 Å². The van der Waals surface area contributed by atoms with Crippen LogP contribution in [0, 0.1) is 6.92 Å². The van der Waals surface area contributed by atoms with Crippen LogP contribution in [-0.2, 0) is 16.1 Å². The molecule has 7 heteroatoms. The van der Waals surface area contributed by atoms with Crippen LogP contribution >= 0.6 is 11.3 Å². The fraction of sp³-hybridized carbons (Fsp3) is 0.143. The molecule has 4 heterocycles. The van der Waals surface area contributed by atoms with Crippen LogP contribution in [0.4, 0.5) is 0 Å². The number of ketones is 1. The molecule has 0 aromatic carbocycles. The van der Waals surface area contributed by atoms with Gasteiger partial charge in [-0.2, -0.15) is 0 Å². The molecule has 1 atom stereocenters. The third-order valence-corrected chi connectivity index (χ3v) is 5.82. The standard InChI is InChI=1S/C21H17N3O3S/c1-13-6-11-28-20(13)17-16(18(25)15-4-9-23-10-5-15)19(26)21(27)24(17)12-14-2-7-22-8-3-14/h2-11,17,25H,12H2,1H3/b18-16-. The van der Waals surface area contributed by atoms with Crippen molar-refractivity contribution in [2.75, 3.05) is 0 Å². The zero-order valence-corrected chi connectivity index (χ0v) is 15.9. The average Bonchev–Trinajstić information content (AvgIpc) is 3.25. The number of hydrogen-bond donors (Lipinski definition) is 1. The van der Waals surface area contributed by atoms with Crippen LogP contribution in [0.1, 0.15) is 27.6 Å². The van der Waals surface area contributed by atoms with E-state index >= 15 is 0 Å². The van der Waals surface area contributed by atoms with Crippen molar-refractivity contribution in [2.45, 2.75) is 19.5 Å². The van der Waals surface area contributed by atoms with Crippen molar-refractivity contribution in [3.8, 4) is 0 Å². The van der Waals surface area contributed by atoms with Gasteiger partial charge >= 0.3 is 0 Å². The number of rotatable bonds is 4. The van der Waals surface area contributed by atoms with Crippen LogP contribution < -0.4 is 0 Å². The summed E-state index contributed by atoms with van der Waals surface area (Å²) in [5.74, 6) is -1.48. The van der Waals surface area contributed by atoms with Gasteiger partial charge in [0.25, 0.3) is 11.7 Å². The van der Waals surface area contributed by atoms with E-state index in [1.54, 1.807) is 36.7 Å². The summed E-state index contributed by atoms with van der Waals surface area (Å²) in [6, 6.07) is 8.15. The molecule has 0 bridgehead atoms. The van der Waals surface area contributed by atoms with E-state index < -0.39 is 17.7 Å². The molecule has 1 aliphatic heterocycles. The van der Waals surface area contributed by atoms with Crippen molar-refractivity contribution < 1.29 is 14.7 Å². The summed E-state index contributed by atoms with van der Waals surface area (Å²) in [6.45, 7) is 2.19. The molecule has 1 saturated heterocycles. The van der Waals surface area contributed by atoms with Gasteiger partial charge in [0.1, 0.15) is 11.8 Å². The maximum atomic E-state index is 12.9. The minimum absolute atomic E-state index is 0.107. The number of aryl methyl sites for hydroxylation is 1. The molecule has 3 aromatic heterocycles. The fourth-order valence-electron chi connectivity index (χ4n) is 3.33. The number of hydrogen-bond acceptors (Lipinski definition) is 6. The summed E-state index contributed by atoms with van der Waals surface area (Å²) in [5, 5.41) is 12.8. The Bertz CT molecular complexity index is 1060. The van der Waals surface area contributed by atoms with Crippen LogP contribution in [0.2, 0.25) is 0 Å². The molecule has 1 amide bonds. The van der Waals surface area contributed by atoms with Crippen LogP contribution in [0.15, 0.2) is 66.1 Å². The third-order valence-electron chi connectivity index (χ3n) is 4.75. The number of amides is 1. The lowest BCUT2D eigenvalue weighted by Crippen LogP contribution is -2.29. The molecule has 0 radical (unpaired) electrons. The van der Waals surface area contributed by atoms with E-state index in [2.05, 4.69) is 9.97 Å². The van der Waals surface area contributed by atoms with Gasteiger partial charge in [-0.25, -0.2) is 0 Å². The smallest absolute Gasteiger partial charge is 0.295 e. The number of Topliss-reactive ketones (excluding diaryl/α,β-unsaturated/α-hetero) is 1. The molecule has 140 valence electrons. The van der Waals surface area contributed by atoms with Crippen molar-refractivity contribution in [3.63, 3.8) is 0 Å². The van der Waals surface area contributed by atoms with Crippen LogP contribution in [0.5, 0.6) is 0 Å². The molecular formula is C21H17N3O3S. The van der Waals surface area contributed by atoms with Crippen LogP contribution in [-0.4, -0.2) is 31.7 Å². The summed E-state index contributed by atoms with van der Waals surface area (Å²) in [6.07, 6.45) is 6.36. The number of aliphatic hydroxyl groups excluding tert-OH is 1. The highest BCUT2D eigenvalue weighted by Gasteiger charge is 2.47. The van der Waals surface area contributed by atoms with Crippen molar-refractivity contribution in [3.05, 3.63) is 87.6 Å². The molecule has 1 fully saturated rings. The van der Waals surface area contributed by atoms with Crippen LogP contribution in [0.25, 0.3) is 5.76 Å². The van der Waals surface area contributed by atoms with E-state index in [-0.39, 0.29) is 17.9 Å². The lowest BCUT2D eigenvalue weighted by Gasteiger charge is -2.25. The first kappa shape index (κ1) is 18.1. The first-order chi connectivity index (χ1) is 13.6. The van der Waals surface area contributed by atoms with E-state index in [0.717, 1.165) is 16.0 Å². The molecule has 1 unspecified atom stereocenters. The van der Waals surface area contributed by atoms with Crippen molar-refractivity contribution in [2.24, 2.45) is 0 Å². The van der Waals surface area contributed by atoms with Crippen LogP contribution in [0.3, 0.4) is 0 Å². The Kier molecular flexibility index (Phi) is 4.75. The summed E-state index contributed by atoms with van der Waals surface area (Å²) in [7, 11) is 0. The predicted molar refractivity (Wildman–Crippen MR) is 105 cm³/mol. The second-order valence-corrected chi connectivity index (χ2v) is 7.43. The Morgan fingerprint density at radius 2 is 1.71 bits per heavy atom. The summed E-state index contributed by atoms with van der Waals surface area (Å²) < 4.78 is 0. The molecule has 28 heavy (non-hydrogen) atoms. The van der Waals surface area contributed by atoms with Gasteiger partial charge in [0.2, 0.25) is 0 Å². The molecular weight excluding hydrogens is 374 g/mol. The maximum Gasteiger partial charge on any atom is 0.295 e. The molecule has 4 rings (SSSR count).